The van der Waals surface area contributed by atoms with Gasteiger partial charge < -0.3 is 10.2 Å². The fourth-order valence-electron chi connectivity index (χ4n) is 2.11. The van der Waals surface area contributed by atoms with Gasteiger partial charge >= 0.3 is 0 Å². The smallest absolute Gasteiger partial charge is 0.130 e. The zero-order chi connectivity index (χ0) is 13.7. The molecule has 0 spiro atoms. The topological polar surface area (TPSA) is 28.2 Å². The van der Waals surface area contributed by atoms with E-state index in [-0.39, 0.29) is 0 Å². The highest BCUT2D eigenvalue weighted by Gasteiger charge is 2.06. The number of anilines is 2. The van der Waals surface area contributed by atoms with E-state index in [2.05, 4.69) is 66.4 Å². The zero-order valence-corrected chi connectivity index (χ0v) is 11.9. The molecule has 0 amide bonds. The van der Waals surface area contributed by atoms with Crippen molar-refractivity contribution in [2.45, 2.75) is 20.4 Å². The Morgan fingerprint density at radius 3 is 2.79 bits per heavy atom. The van der Waals surface area contributed by atoms with Gasteiger partial charge in [-0.2, -0.15) is 0 Å². The fourth-order valence-corrected chi connectivity index (χ4v) is 2.11. The van der Waals surface area contributed by atoms with Crippen LogP contribution in [0.4, 0.5) is 11.5 Å². The number of benzene rings is 1. The first-order valence-corrected chi connectivity index (χ1v) is 6.66. The predicted octanol–water partition coefficient (Wildman–Crippen LogP) is 3.46. The molecule has 0 unspecified atom stereocenters. The maximum atomic E-state index is 4.39. The van der Waals surface area contributed by atoms with Crippen molar-refractivity contribution >= 4 is 11.5 Å². The molecule has 1 aromatic carbocycles. The largest absolute Gasteiger partial charge is 0.370 e. The summed E-state index contributed by atoms with van der Waals surface area (Å²) in [5, 5.41) is 3.31. The highest BCUT2D eigenvalue weighted by atomic mass is 15.1. The zero-order valence-electron chi connectivity index (χ0n) is 11.9. The van der Waals surface area contributed by atoms with Crippen LogP contribution in [0.5, 0.6) is 0 Å². The summed E-state index contributed by atoms with van der Waals surface area (Å²) in [5.41, 5.74) is 3.72. The van der Waals surface area contributed by atoms with Crippen LogP contribution in [0.2, 0.25) is 0 Å². The van der Waals surface area contributed by atoms with Crippen molar-refractivity contribution in [1.29, 1.82) is 0 Å². The predicted molar refractivity (Wildman–Crippen MR) is 81.7 cm³/mol. The van der Waals surface area contributed by atoms with E-state index in [0.29, 0.717) is 0 Å². The van der Waals surface area contributed by atoms with Crippen molar-refractivity contribution in [3.63, 3.8) is 0 Å². The van der Waals surface area contributed by atoms with Gasteiger partial charge in [-0.25, -0.2) is 4.98 Å². The highest BCUT2D eigenvalue weighted by Crippen LogP contribution is 2.19. The third-order valence-electron chi connectivity index (χ3n) is 3.09. The lowest BCUT2D eigenvalue weighted by atomic mass is 10.2. The summed E-state index contributed by atoms with van der Waals surface area (Å²) >= 11 is 0. The number of hydrogen-bond acceptors (Lipinski definition) is 3. The normalized spacial score (nSPS) is 10.3. The number of hydrogen-bond donors (Lipinski definition) is 1. The Morgan fingerprint density at radius 1 is 1.21 bits per heavy atom. The molecule has 0 aliphatic heterocycles. The summed E-state index contributed by atoms with van der Waals surface area (Å²) in [6.45, 7) is 5.94. The standard InChI is InChI=1S/C16H21N3/c1-4-17-16-14(8-6-10-18-16)12-19(3)15-9-5-7-13(2)11-15/h5-11H,4,12H2,1-3H3,(H,17,18). The van der Waals surface area contributed by atoms with Crippen LogP contribution < -0.4 is 10.2 Å². The van der Waals surface area contributed by atoms with E-state index in [9.17, 15) is 0 Å². The average Bonchev–Trinajstić information content (AvgIpc) is 2.41. The monoisotopic (exact) mass is 255 g/mol. The molecule has 1 N–H and O–H groups in total. The summed E-state index contributed by atoms with van der Waals surface area (Å²) in [7, 11) is 2.11. The number of aryl methyl sites for hydroxylation is 1. The van der Waals surface area contributed by atoms with Crippen molar-refractivity contribution < 1.29 is 0 Å². The molecule has 0 saturated carbocycles. The molecule has 100 valence electrons. The SMILES string of the molecule is CCNc1ncccc1CN(C)c1cccc(C)c1. The van der Waals surface area contributed by atoms with Crippen LogP contribution in [0.1, 0.15) is 18.1 Å². The Kier molecular flexibility index (Phi) is 4.39. The maximum Gasteiger partial charge on any atom is 0.130 e. The first-order valence-electron chi connectivity index (χ1n) is 6.66. The summed E-state index contributed by atoms with van der Waals surface area (Å²) in [4.78, 5) is 6.64. The van der Waals surface area contributed by atoms with Gasteiger partial charge in [0, 0.05) is 37.6 Å². The van der Waals surface area contributed by atoms with Gasteiger partial charge in [0.05, 0.1) is 0 Å². The maximum absolute atomic E-state index is 4.39. The van der Waals surface area contributed by atoms with Crippen LogP contribution in [0.25, 0.3) is 0 Å². The van der Waals surface area contributed by atoms with E-state index in [1.165, 1.54) is 16.8 Å². The number of rotatable bonds is 5. The summed E-state index contributed by atoms with van der Waals surface area (Å²) < 4.78 is 0. The molecule has 0 bridgehead atoms. The van der Waals surface area contributed by atoms with Crippen LogP contribution >= 0.6 is 0 Å². The van der Waals surface area contributed by atoms with Gasteiger partial charge in [-0.05, 0) is 37.6 Å². The van der Waals surface area contributed by atoms with Crippen molar-refractivity contribution in [2.24, 2.45) is 0 Å². The minimum absolute atomic E-state index is 0.847. The van der Waals surface area contributed by atoms with Crippen molar-refractivity contribution in [1.82, 2.24) is 4.98 Å². The molecular formula is C16H21N3. The van der Waals surface area contributed by atoms with Crippen LogP contribution in [0.15, 0.2) is 42.6 Å². The molecular weight excluding hydrogens is 234 g/mol. The van der Waals surface area contributed by atoms with Gasteiger partial charge in [0.2, 0.25) is 0 Å². The first kappa shape index (κ1) is 13.4. The van der Waals surface area contributed by atoms with Crippen LogP contribution in [0, 0.1) is 6.92 Å². The summed E-state index contributed by atoms with van der Waals surface area (Å²) in [6.07, 6.45) is 1.83. The summed E-state index contributed by atoms with van der Waals surface area (Å²) in [5.74, 6) is 0.976. The van der Waals surface area contributed by atoms with E-state index >= 15 is 0 Å². The second kappa shape index (κ2) is 6.23. The molecule has 1 aromatic heterocycles. The molecule has 3 heteroatoms. The molecule has 0 fully saturated rings. The molecule has 1 heterocycles. The molecule has 2 aromatic rings. The van der Waals surface area contributed by atoms with E-state index in [1.807, 2.05) is 12.3 Å². The minimum Gasteiger partial charge on any atom is -0.370 e. The molecule has 19 heavy (non-hydrogen) atoms. The van der Waals surface area contributed by atoms with E-state index in [4.69, 9.17) is 0 Å². The number of nitrogens with one attached hydrogen (secondary N) is 1. The lowest BCUT2D eigenvalue weighted by molar-refractivity contribution is 0.913. The van der Waals surface area contributed by atoms with Gasteiger partial charge in [-0.15, -0.1) is 0 Å². The Morgan fingerprint density at radius 2 is 2.05 bits per heavy atom. The molecule has 0 atom stereocenters. The lowest BCUT2D eigenvalue weighted by Gasteiger charge is -2.21. The number of pyridine rings is 1. The average molecular weight is 255 g/mol. The van der Waals surface area contributed by atoms with Gasteiger partial charge in [-0.1, -0.05) is 18.2 Å². The van der Waals surface area contributed by atoms with Crippen LogP contribution in [-0.4, -0.2) is 18.6 Å². The molecule has 0 aliphatic rings. The molecule has 3 nitrogen and oxygen atoms in total. The van der Waals surface area contributed by atoms with Gasteiger partial charge in [0.15, 0.2) is 0 Å². The lowest BCUT2D eigenvalue weighted by Crippen LogP contribution is -2.18. The summed E-state index contributed by atoms with van der Waals surface area (Å²) in [6, 6.07) is 12.7. The van der Waals surface area contributed by atoms with Crippen LogP contribution in [-0.2, 0) is 6.54 Å². The molecule has 0 aliphatic carbocycles. The Bertz CT molecular complexity index is 537. The van der Waals surface area contributed by atoms with Gasteiger partial charge in [-0.3, -0.25) is 0 Å². The van der Waals surface area contributed by atoms with Crippen LogP contribution in [0.3, 0.4) is 0 Å². The highest BCUT2D eigenvalue weighted by molar-refractivity contribution is 5.51. The third kappa shape index (κ3) is 3.47. The fraction of sp³-hybridized carbons (Fsp3) is 0.312. The number of nitrogens with zero attached hydrogens (tertiary/aromatic N) is 2. The van der Waals surface area contributed by atoms with Crippen molar-refractivity contribution in [3.8, 4) is 0 Å². The molecule has 0 radical (unpaired) electrons. The first-order chi connectivity index (χ1) is 9.20. The van der Waals surface area contributed by atoms with Crippen molar-refractivity contribution in [2.75, 3.05) is 23.8 Å². The quantitative estimate of drug-likeness (QED) is 0.887. The molecule has 2 rings (SSSR count). The number of aromatic nitrogens is 1. The second-order valence-electron chi connectivity index (χ2n) is 4.74. The van der Waals surface area contributed by atoms with Gasteiger partial charge in [0.1, 0.15) is 5.82 Å². The third-order valence-corrected chi connectivity index (χ3v) is 3.09. The Labute approximate surface area is 115 Å². The van der Waals surface area contributed by atoms with E-state index in [0.717, 1.165) is 18.9 Å². The van der Waals surface area contributed by atoms with Gasteiger partial charge in [0.25, 0.3) is 0 Å². The minimum atomic E-state index is 0.847. The molecule has 0 saturated heterocycles. The van der Waals surface area contributed by atoms with Crippen molar-refractivity contribution in [3.05, 3.63) is 53.7 Å². The Balaban J connectivity index is 2.16. The van der Waals surface area contributed by atoms with E-state index < -0.39 is 0 Å². The Hall–Kier alpha value is -2.03. The van der Waals surface area contributed by atoms with E-state index in [1.54, 1.807) is 0 Å². The second-order valence-corrected chi connectivity index (χ2v) is 4.74.